The highest BCUT2D eigenvalue weighted by atomic mass is 32.2. The van der Waals surface area contributed by atoms with Gasteiger partial charge in [0, 0.05) is 5.56 Å². The second-order valence-electron chi connectivity index (χ2n) is 6.07. The molecule has 0 saturated carbocycles. The maximum atomic E-state index is 12.5. The van der Waals surface area contributed by atoms with Crippen LogP contribution in [0, 0.1) is 13.8 Å². The highest BCUT2D eigenvalue weighted by molar-refractivity contribution is 7.91. The fourth-order valence-corrected chi connectivity index (χ4v) is 3.60. The van der Waals surface area contributed by atoms with Gasteiger partial charge in [-0.05, 0) is 49.2 Å². The van der Waals surface area contributed by atoms with E-state index in [9.17, 15) is 13.2 Å². The molecule has 140 valence electrons. The van der Waals surface area contributed by atoms with Crippen molar-refractivity contribution in [3.63, 3.8) is 0 Å². The zero-order valence-electron chi connectivity index (χ0n) is 15.2. The van der Waals surface area contributed by atoms with Crippen LogP contribution in [0.2, 0.25) is 0 Å². The predicted molar refractivity (Wildman–Crippen MR) is 101 cm³/mol. The number of aromatic nitrogens is 2. The molecule has 0 aliphatic carbocycles. The summed E-state index contributed by atoms with van der Waals surface area (Å²) in [6.45, 7) is 5.50. The van der Waals surface area contributed by atoms with Crippen LogP contribution >= 0.6 is 0 Å². The summed E-state index contributed by atoms with van der Waals surface area (Å²) in [6.07, 6.45) is 0. The first-order valence-corrected chi connectivity index (χ1v) is 10.0. The van der Waals surface area contributed by atoms with Crippen LogP contribution in [0.3, 0.4) is 0 Å². The number of hydrogen-bond donors (Lipinski definition) is 1. The maximum Gasteiger partial charge on any atom is 0.322 e. The van der Waals surface area contributed by atoms with Gasteiger partial charge >= 0.3 is 6.01 Å². The molecule has 0 spiro atoms. The number of sulfone groups is 1. The molecule has 7 nitrogen and oxygen atoms in total. The largest absolute Gasteiger partial charge is 0.403 e. The Hall–Kier alpha value is -3.00. The Morgan fingerprint density at radius 2 is 1.81 bits per heavy atom. The van der Waals surface area contributed by atoms with Gasteiger partial charge in [-0.3, -0.25) is 10.1 Å². The number of nitrogens with zero attached hydrogens (tertiary/aromatic N) is 2. The molecule has 3 rings (SSSR count). The van der Waals surface area contributed by atoms with Gasteiger partial charge in [-0.15, -0.1) is 5.10 Å². The van der Waals surface area contributed by atoms with E-state index < -0.39 is 15.7 Å². The van der Waals surface area contributed by atoms with Crippen molar-refractivity contribution in [3.8, 4) is 11.5 Å². The zero-order chi connectivity index (χ0) is 19.6. The summed E-state index contributed by atoms with van der Waals surface area (Å²) < 4.78 is 29.9. The van der Waals surface area contributed by atoms with E-state index >= 15 is 0 Å². The third-order valence-electron chi connectivity index (χ3n) is 4.25. The van der Waals surface area contributed by atoms with Gasteiger partial charge in [-0.2, -0.15) is 0 Å². The second-order valence-corrected chi connectivity index (χ2v) is 8.31. The number of hydrogen-bond acceptors (Lipinski definition) is 6. The van der Waals surface area contributed by atoms with Gasteiger partial charge in [0.25, 0.3) is 5.91 Å². The number of benzene rings is 2. The molecule has 3 aromatic rings. The summed E-state index contributed by atoms with van der Waals surface area (Å²) in [5.41, 5.74) is 2.99. The monoisotopic (exact) mass is 385 g/mol. The number of amides is 1. The van der Waals surface area contributed by atoms with Crippen LogP contribution in [0.15, 0.2) is 51.8 Å². The number of aryl methyl sites for hydroxylation is 2. The lowest BCUT2D eigenvalue weighted by atomic mass is 10.1. The van der Waals surface area contributed by atoms with Crippen LogP contribution < -0.4 is 5.32 Å². The standard InChI is InChI=1S/C19H19N3O4S/c1-4-27(24,25)16-8-6-5-7-15(16)17(23)20-19-22-21-18(26-19)14-10-9-12(2)13(3)11-14/h5-11H,4H2,1-3H3,(H,20,22,23). The van der Waals surface area contributed by atoms with Crippen LogP contribution in [-0.2, 0) is 9.84 Å². The summed E-state index contributed by atoms with van der Waals surface area (Å²) in [6, 6.07) is 11.6. The lowest BCUT2D eigenvalue weighted by Gasteiger charge is -2.08. The molecule has 0 unspecified atom stereocenters. The van der Waals surface area contributed by atoms with Crippen molar-refractivity contribution in [2.24, 2.45) is 0 Å². The molecule has 27 heavy (non-hydrogen) atoms. The molecule has 0 aliphatic rings. The number of carbonyl (C=O) groups excluding carboxylic acids is 1. The molecule has 8 heteroatoms. The molecular weight excluding hydrogens is 366 g/mol. The average Bonchev–Trinajstić information content (AvgIpc) is 3.12. The molecule has 1 N–H and O–H groups in total. The highest BCUT2D eigenvalue weighted by Crippen LogP contribution is 2.23. The van der Waals surface area contributed by atoms with Gasteiger partial charge in [-0.25, -0.2) is 8.42 Å². The number of carbonyl (C=O) groups is 1. The minimum absolute atomic E-state index is 0.0288. The summed E-state index contributed by atoms with van der Waals surface area (Å²) in [4.78, 5) is 12.5. The van der Waals surface area contributed by atoms with Crippen molar-refractivity contribution in [1.29, 1.82) is 0 Å². The van der Waals surface area contributed by atoms with Gasteiger partial charge in [0.2, 0.25) is 5.89 Å². The molecule has 0 bridgehead atoms. The lowest BCUT2D eigenvalue weighted by molar-refractivity contribution is 0.102. The number of anilines is 1. The van der Waals surface area contributed by atoms with Crippen LogP contribution in [-0.4, -0.2) is 30.3 Å². The molecule has 0 saturated heterocycles. The summed E-state index contributed by atoms with van der Waals surface area (Å²) >= 11 is 0. The molecule has 0 atom stereocenters. The minimum Gasteiger partial charge on any atom is -0.403 e. The first-order chi connectivity index (χ1) is 12.8. The SMILES string of the molecule is CCS(=O)(=O)c1ccccc1C(=O)Nc1nnc(-c2ccc(C)c(C)c2)o1. The molecular formula is C19H19N3O4S. The van der Waals surface area contributed by atoms with E-state index in [1.807, 2.05) is 32.0 Å². The van der Waals surface area contributed by atoms with E-state index in [0.717, 1.165) is 16.7 Å². The average molecular weight is 385 g/mol. The van der Waals surface area contributed by atoms with E-state index in [2.05, 4.69) is 15.5 Å². The molecule has 1 aromatic heterocycles. The molecule has 0 fully saturated rings. The normalized spacial score (nSPS) is 11.4. The smallest absolute Gasteiger partial charge is 0.322 e. The van der Waals surface area contributed by atoms with Gasteiger partial charge in [-0.1, -0.05) is 30.2 Å². The van der Waals surface area contributed by atoms with Crippen molar-refractivity contribution in [2.75, 3.05) is 11.1 Å². The predicted octanol–water partition coefficient (Wildman–Crippen LogP) is 3.40. The van der Waals surface area contributed by atoms with Crippen LogP contribution in [0.4, 0.5) is 6.01 Å². The Labute approximate surface area is 157 Å². The van der Waals surface area contributed by atoms with Crippen molar-refractivity contribution in [2.45, 2.75) is 25.7 Å². The fourth-order valence-electron chi connectivity index (χ4n) is 2.51. The first-order valence-electron chi connectivity index (χ1n) is 8.36. The zero-order valence-corrected chi connectivity index (χ0v) is 16.0. The minimum atomic E-state index is -3.54. The summed E-state index contributed by atoms with van der Waals surface area (Å²) in [5.74, 6) is -0.463. The Morgan fingerprint density at radius 3 is 2.52 bits per heavy atom. The fraction of sp³-hybridized carbons (Fsp3) is 0.211. The van der Waals surface area contributed by atoms with Crippen molar-refractivity contribution < 1.29 is 17.6 Å². The van der Waals surface area contributed by atoms with E-state index in [-0.39, 0.29) is 28.1 Å². The van der Waals surface area contributed by atoms with Gasteiger partial charge in [0.15, 0.2) is 9.84 Å². The molecule has 0 aliphatic heterocycles. The van der Waals surface area contributed by atoms with E-state index in [0.29, 0.717) is 0 Å². The highest BCUT2D eigenvalue weighted by Gasteiger charge is 2.22. The van der Waals surface area contributed by atoms with E-state index in [4.69, 9.17) is 4.42 Å². The molecule has 1 heterocycles. The number of rotatable bonds is 5. The quantitative estimate of drug-likeness (QED) is 0.722. The van der Waals surface area contributed by atoms with Gasteiger partial charge < -0.3 is 4.42 Å². The van der Waals surface area contributed by atoms with Crippen molar-refractivity contribution in [3.05, 3.63) is 59.2 Å². The summed E-state index contributed by atoms with van der Waals surface area (Å²) in [5, 5.41) is 10.2. The van der Waals surface area contributed by atoms with Crippen molar-refractivity contribution >= 4 is 21.8 Å². The molecule has 2 aromatic carbocycles. The van der Waals surface area contributed by atoms with Crippen LogP contribution in [0.25, 0.3) is 11.5 Å². The lowest BCUT2D eigenvalue weighted by Crippen LogP contribution is -2.17. The van der Waals surface area contributed by atoms with Crippen molar-refractivity contribution in [1.82, 2.24) is 10.2 Å². The van der Waals surface area contributed by atoms with E-state index in [1.165, 1.54) is 19.1 Å². The topological polar surface area (TPSA) is 102 Å². The van der Waals surface area contributed by atoms with E-state index in [1.54, 1.807) is 12.1 Å². The third kappa shape index (κ3) is 3.90. The van der Waals surface area contributed by atoms with Gasteiger partial charge in [0.05, 0.1) is 16.2 Å². The Balaban J connectivity index is 1.86. The summed E-state index contributed by atoms with van der Waals surface area (Å²) in [7, 11) is -3.54. The van der Waals surface area contributed by atoms with Crippen LogP contribution in [0.1, 0.15) is 28.4 Å². The maximum absolute atomic E-state index is 12.5. The Morgan fingerprint density at radius 1 is 1.07 bits per heavy atom. The first kappa shape index (κ1) is 18.8. The number of nitrogens with one attached hydrogen (secondary N) is 1. The Bertz CT molecular complexity index is 1100. The van der Waals surface area contributed by atoms with Crippen LogP contribution in [0.5, 0.6) is 0 Å². The van der Waals surface area contributed by atoms with Gasteiger partial charge in [0.1, 0.15) is 0 Å². The molecule has 0 radical (unpaired) electrons. The Kier molecular flexibility index (Phi) is 5.09. The third-order valence-corrected chi connectivity index (χ3v) is 6.03. The molecule has 1 amide bonds. The second kappa shape index (κ2) is 7.32.